The van der Waals surface area contributed by atoms with E-state index in [-0.39, 0.29) is 17.5 Å². The molecule has 7 nitrogen and oxygen atoms in total. The first-order valence-electron chi connectivity index (χ1n) is 10.5. The minimum Gasteiger partial charge on any atom is -0.381 e. The smallest absolute Gasteiger partial charge is 0.264 e. The minimum absolute atomic E-state index is 0.00406. The van der Waals surface area contributed by atoms with Crippen molar-refractivity contribution in [1.29, 1.82) is 0 Å². The van der Waals surface area contributed by atoms with Crippen molar-refractivity contribution in [2.45, 2.75) is 50.7 Å². The summed E-state index contributed by atoms with van der Waals surface area (Å²) in [6.45, 7) is 3.63. The number of hydrogen-bond acceptors (Lipinski definition) is 6. The Morgan fingerprint density at radius 2 is 2.10 bits per heavy atom. The Hall–Kier alpha value is -2.03. The van der Waals surface area contributed by atoms with E-state index in [1.807, 2.05) is 17.5 Å². The van der Waals surface area contributed by atoms with Gasteiger partial charge in [0.1, 0.15) is 5.82 Å². The lowest BCUT2D eigenvalue weighted by molar-refractivity contribution is 0.0277. The molecular formula is C21H26N4O3S. The summed E-state index contributed by atoms with van der Waals surface area (Å²) in [4.78, 5) is 38.5. The van der Waals surface area contributed by atoms with Crippen molar-refractivity contribution in [3.8, 4) is 0 Å². The molecule has 0 bridgehead atoms. The van der Waals surface area contributed by atoms with Gasteiger partial charge < -0.3 is 14.6 Å². The zero-order valence-corrected chi connectivity index (χ0v) is 17.2. The number of aromatic amines is 1. The van der Waals surface area contributed by atoms with Crippen molar-refractivity contribution in [1.82, 2.24) is 19.8 Å². The normalized spacial score (nSPS) is 23.3. The topological polar surface area (TPSA) is 78.5 Å². The van der Waals surface area contributed by atoms with Gasteiger partial charge in [-0.3, -0.25) is 14.5 Å². The monoisotopic (exact) mass is 414 g/mol. The number of hydrogen-bond donors (Lipinski definition) is 1. The number of carbonyl (C=O) groups is 1. The summed E-state index contributed by atoms with van der Waals surface area (Å²) in [5, 5.41) is 1.90. The van der Waals surface area contributed by atoms with Gasteiger partial charge in [0.05, 0.1) is 28.7 Å². The van der Waals surface area contributed by atoms with Crippen molar-refractivity contribution in [3.05, 3.63) is 49.8 Å². The summed E-state index contributed by atoms with van der Waals surface area (Å²) >= 11 is 1.44. The number of aromatic nitrogens is 2. The third-order valence-electron chi connectivity index (χ3n) is 6.38. The van der Waals surface area contributed by atoms with Gasteiger partial charge in [0.25, 0.3) is 11.5 Å². The van der Waals surface area contributed by atoms with Crippen LogP contribution in [-0.4, -0.2) is 58.0 Å². The van der Waals surface area contributed by atoms with Crippen LogP contribution in [-0.2, 0) is 17.7 Å². The number of carbonyl (C=O) groups excluding carboxylic acids is 1. The van der Waals surface area contributed by atoms with Crippen LogP contribution in [0.15, 0.2) is 22.3 Å². The molecule has 3 aliphatic rings. The molecule has 1 unspecified atom stereocenters. The van der Waals surface area contributed by atoms with Gasteiger partial charge in [0.15, 0.2) is 0 Å². The van der Waals surface area contributed by atoms with E-state index in [4.69, 9.17) is 9.72 Å². The highest BCUT2D eigenvalue weighted by Gasteiger charge is 2.35. The molecule has 2 saturated heterocycles. The number of likely N-dealkylation sites (tertiary alicyclic amines) is 1. The Bertz CT molecular complexity index is 936. The molecule has 2 fully saturated rings. The summed E-state index contributed by atoms with van der Waals surface area (Å²) in [6.07, 6.45) is 4.89. The minimum atomic E-state index is -0.0903. The Morgan fingerprint density at radius 3 is 2.90 bits per heavy atom. The molecule has 8 heteroatoms. The maximum atomic E-state index is 12.9. The van der Waals surface area contributed by atoms with Gasteiger partial charge >= 0.3 is 0 Å². The van der Waals surface area contributed by atoms with Crippen LogP contribution in [0.1, 0.15) is 58.5 Å². The summed E-state index contributed by atoms with van der Waals surface area (Å²) in [5.74, 6) is 0.798. The quantitative estimate of drug-likeness (QED) is 0.834. The maximum absolute atomic E-state index is 12.9. The molecule has 5 rings (SSSR count). The van der Waals surface area contributed by atoms with Gasteiger partial charge in [-0.15, -0.1) is 11.3 Å². The fourth-order valence-electron chi connectivity index (χ4n) is 4.87. The van der Waals surface area contributed by atoms with E-state index in [1.54, 1.807) is 4.90 Å². The van der Waals surface area contributed by atoms with E-state index in [0.717, 1.165) is 57.0 Å². The van der Waals surface area contributed by atoms with Gasteiger partial charge in [0, 0.05) is 32.2 Å². The first-order chi connectivity index (χ1) is 14.2. The fourth-order valence-corrected chi connectivity index (χ4v) is 5.56. The zero-order valence-electron chi connectivity index (χ0n) is 16.4. The lowest BCUT2D eigenvalue weighted by Crippen LogP contribution is -2.42. The molecule has 0 aliphatic carbocycles. The van der Waals surface area contributed by atoms with Crippen molar-refractivity contribution < 1.29 is 9.53 Å². The third kappa shape index (κ3) is 3.65. The van der Waals surface area contributed by atoms with Crippen LogP contribution in [0.2, 0.25) is 0 Å². The molecule has 0 spiro atoms. The summed E-state index contributed by atoms with van der Waals surface area (Å²) in [6, 6.07) is 4.40. The second-order valence-corrected chi connectivity index (χ2v) is 9.02. The molecule has 0 radical (unpaired) electrons. The van der Waals surface area contributed by atoms with Crippen LogP contribution in [0.4, 0.5) is 0 Å². The average molecular weight is 415 g/mol. The molecular weight excluding hydrogens is 388 g/mol. The van der Waals surface area contributed by atoms with E-state index < -0.39 is 0 Å². The van der Waals surface area contributed by atoms with E-state index in [2.05, 4.69) is 9.88 Å². The molecule has 1 N–H and O–H groups in total. The highest BCUT2D eigenvalue weighted by molar-refractivity contribution is 7.12. The van der Waals surface area contributed by atoms with Crippen molar-refractivity contribution in [2.24, 2.45) is 0 Å². The van der Waals surface area contributed by atoms with Gasteiger partial charge in [0.2, 0.25) is 0 Å². The van der Waals surface area contributed by atoms with E-state index in [0.29, 0.717) is 36.0 Å². The second-order valence-electron chi connectivity index (χ2n) is 8.07. The second kappa shape index (κ2) is 8.01. The first kappa shape index (κ1) is 19.0. The van der Waals surface area contributed by atoms with Crippen LogP contribution in [0, 0.1) is 0 Å². The van der Waals surface area contributed by atoms with E-state index >= 15 is 0 Å². The van der Waals surface area contributed by atoms with Crippen molar-refractivity contribution in [3.63, 3.8) is 0 Å². The average Bonchev–Trinajstić information content (AvgIpc) is 3.46. The molecule has 2 aromatic heterocycles. The summed E-state index contributed by atoms with van der Waals surface area (Å²) < 4.78 is 5.52. The molecule has 1 amide bonds. The number of rotatable bonds is 3. The highest BCUT2D eigenvalue weighted by atomic mass is 32.1. The van der Waals surface area contributed by atoms with Crippen LogP contribution >= 0.6 is 11.3 Å². The maximum Gasteiger partial charge on any atom is 0.264 e. The van der Waals surface area contributed by atoms with Gasteiger partial charge in [-0.2, -0.15) is 0 Å². The van der Waals surface area contributed by atoms with E-state index in [9.17, 15) is 9.59 Å². The zero-order chi connectivity index (χ0) is 19.8. The number of nitrogens with zero attached hydrogens (tertiary/aromatic N) is 3. The molecule has 154 valence electrons. The Morgan fingerprint density at radius 1 is 1.24 bits per heavy atom. The Balaban J connectivity index is 1.37. The molecule has 5 heterocycles. The number of amides is 1. The predicted octanol–water partition coefficient (Wildman–Crippen LogP) is 2.35. The number of H-pyrrole nitrogens is 1. The number of fused-ring (bicyclic) bond motifs is 1. The third-order valence-corrected chi connectivity index (χ3v) is 7.23. The summed E-state index contributed by atoms with van der Waals surface area (Å²) in [7, 11) is 0. The standard InChI is InChI=1S/C21H26N4O3S/c26-20-15-13-24(21(27)18-4-2-12-29-18)9-5-16(15)22-19(23-20)17-3-1-8-25(17)14-6-10-28-11-7-14/h2,4,12,14,17H,1,3,5-11,13H2,(H,22,23,26). The first-order valence-corrected chi connectivity index (χ1v) is 11.4. The SMILES string of the molecule is O=C(c1cccs1)N1CCc2nc(C3CCCN3C3CCOCC3)[nH]c(=O)c2C1. The van der Waals surface area contributed by atoms with Gasteiger partial charge in [-0.1, -0.05) is 6.07 Å². The molecule has 2 aromatic rings. The fraction of sp³-hybridized carbons (Fsp3) is 0.571. The van der Waals surface area contributed by atoms with Crippen LogP contribution in [0.25, 0.3) is 0 Å². The van der Waals surface area contributed by atoms with Crippen molar-refractivity contribution in [2.75, 3.05) is 26.3 Å². The lowest BCUT2D eigenvalue weighted by Gasteiger charge is -2.35. The molecule has 0 saturated carbocycles. The lowest BCUT2D eigenvalue weighted by atomic mass is 10.0. The van der Waals surface area contributed by atoms with Crippen LogP contribution in [0.3, 0.4) is 0 Å². The van der Waals surface area contributed by atoms with Crippen LogP contribution in [0.5, 0.6) is 0 Å². The van der Waals surface area contributed by atoms with Gasteiger partial charge in [-0.25, -0.2) is 4.98 Å². The summed E-state index contributed by atoms with van der Waals surface area (Å²) in [5.41, 5.74) is 1.41. The number of ether oxygens (including phenoxy) is 1. The van der Waals surface area contributed by atoms with Crippen molar-refractivity contribution >= 4 is 17.2 Å². The van der Waals surface area contributed by atoms with Gasteiger partial charge in [-0.05, 0) is 43.7 Å². The molecule has 29 heavy (non-hydrogen) atoms. The Labute approximate surface area is 173 Å². The number of nitrogens with one attached hydrogen (secondary N) is 1. The number of thiophene rings is 1. The van der Waals surface area contributed by atoms with Crippen LogP contribution < -0.4 is 5.56 Å². The molecule has 0 aromatic carbocycles. The Kier molecular flexibility index (Phi) is 5.24. The van der Waals surface area contributed by atoms with E-state index in [1.165, 1.54) is 11.3 Å². The predicted molar refractivity (Wildman–Crippen MR) is 110 cm³/mol. The largest absolute Gasteiger partial charge is 0.381 e. The molecule has 1 atom stereocenters. The highest BCUT2D eigenvalue weighted by Crippen LogP contribution is 2.34. The molecule has 3 aliphatic heterocycles.